The maximum atomic E-state index is 12.1. The van der Waals surface area contributed by atoms with Gasteiger partial charge in [0, 0.05) is 6.20 Å². The number of hydrogen-bond donors (Lipinski definition) is 3. The van der Waals surface area contributed by atoms with E-state index in [4.69, 9.17) is 10.5 Å². The van der Waals surface area contributed by atoms with Crippen LogP contribution >= 0.6 is 0 Å². The second kappa shape index (κ2) is 5.26. The third-order valence-corrected chi connectivity index (χ3v) is 2.56. The summed E-state index contributed by atoms with van der Waals surface area (Å²) in [5.74, 6) is -0.459. The highest BCUT2D eigenvalue weighted by Gasteiger charge is 2.15. The molecule has 0 fully saturated rings. The van der Waals surface area contributed by atoms with Crippen molar-refractivity contribution in [3.8, 4) is 11.5 Å². The Labute approximate surface area is 109 Å². The van der Waals surface area contributed by atoms with Crippen LogP contribution in [0, 0.1) is 0 Å². The number of nitrogen functional groups attached to an aromatic ring is 1. The van der Waals surface area contributed by atoms with Crippen LogP contribution in [0.25, 0.3) is 0 Å². The minimum atomic E-state index is -0.477. The average molecular weight is 259 g/mol. The zero-order valence-corrected chi connectivity index (χ0v) is 10.3. The monoisotopic (exact) mass is 259 g/mol. The molecule has 0 aliphatic rings. The smallest absolute Gasteiger partial charge is 0.259 e. The van der Waals surface area contributed by atoms with Gasteiger partial charge >= 0.3 is 0 Å². The van der Waals surface area contributed by atoms with Crippen molar-refractivity contribution in [2.75, 3.05) is 18.2 Å². The maximum Gasteiger partial charge on any atom is 0.259 e. The van der Waals surface area contributed by atoms with E-state index in [0.29, 0.717) is 11.4 Å². The lowest BCUT2D eigenvalue weighted by Crippen LogP contribution is -2.13. The van der Waals surface area contributed by atoms with E-state index in [0.717, 1.165) is 0 Å². The highest BCUT2D eigenvalue weighted by Crippen LogP contribution is 2.30. The molecule has 0 unspecified atom stereocenters. The summed E-state index contributed by atoms with van der Waals surface area (Å²) in [5.41, 5.74) is 6.56. The van der Waals surface area contributed by atoms with E-state index in [1.807, 2.05) is 0 Å². The molecule has 2 rings (SSSR count). The van der Waals surface area contributed by atoms with Gasteiger partial charge in [-0.05, 0) is 18.2 Å². The molecule has 0 saturated carbocycles. The molecule has 1 heterocycles. The number of ether oxygens (including phenoxy) is 1. The predicted octanol–water partition coefficient (Wildman–Crippen LogP) is 1.63. The van der Waals surface area contributed by atoms with Gasteiger partial charge in [0.05, 0.1) is 30.2 Å². The number of para-hydroxylation sites is 1. The van der Waals surface area contributed by atoms with Gasteiger partial charge < -0.3 is 20.9 Å². The van der Waals surface area contributed by atoms with Crippen LogP contribution in [0.3, 0.4) is 0 Å². The van der Waals surface area contributed by atoms with E-state index in [-0.39, 0.29) is 17.1 Å². The fourth-order valence-corrected chi connectivity index (χ4v) is 1.58. The first-order valence-electron chi connectivity index (χ1n) is 5.50. The molecule has 0 spiro atoms. The van der Waals surface area contributed by atoms with E-state index in [2.05, 4.69) is 10.3 Å². The number of phenols is 1. The number of aromatic hydroxyl groups is 1. The van der Waals surface area contributed by atoms with Crippen LogP contribution in [0.2, 0.25) is 0 Å². The minimum Gasteiger partial charge on any atom is -0.504 e. The molecule has 19 heavy (non-hydrogen) atoms. The van der Waals surface area contributed by atoms with Crippen molar-refractivity contribution < 1.29 is 14.6 Å². The van der Waals surface area contributed by atoms with Gasteiger partial charge in [-0.2, -0.15) is 0 Å². The van der Waals surface area contributed by atoms with Crippen LogP contribution in [0.4, 0.5) is 11.4 Å². The third-order valence-electron chi connectivity index (χ3n) is 2.56. The molecule has 1 aromatic carbocycles. The van der Waals surface area contributed by atoms with Gasteiger partial charge in [-0.3, -0.25) is 9.78 Å². The first-order chi connectivity index (χ1) is 9.13. The first kappa shape index (κ1) is 12.7. The molecule has 0 saturated heterocycles. The van der Waals surface area contributed by atoms with E-state index in [1.165, 1.54) is 25.6 Å². The van der Waals surface area contributed by atoms with Gasteiger partial charge in [0.2, 0.25) is 0 Å². The van der Waals surface area contributed by atoms with Crippen molar-refractivity contribution in [2.24, 2.45) is 0 Å². The zero-order valence-electron chi connectivity index (χ0n) is 10.3. The number of methoxy groups -OCH3 is 1. The Kier molecular flexibility index (Phi) is 3.51. The van der Waals surface area contributed by atoms with Gasteiger partial charge in [0.15, 0.2) is 11.5 Å². The molecule has 0 aliphatic heterocycles. The van der Waals surface area contributed by atoms with Crippen molar-refractivity contribution in [2.45, 2.75) is 0 Å². The summed E-state index contributed by atoms with van der Waals surface area (Å²) in [4.78, 5) is 15.9. The highest BCUT2D eigenvalue weighted by molar-refractivity contribution is 6.07. The standard InChI is InChI=1S/C13H13N3O3/c1-19-11-4-2-3-8(12(11)17)13(18)16-10-5-6-15-7-9(10)14/h2-7,17H,14H2,1H3,(H,15,16,18). The van der Waals surface area contributed by atoms with Gasteiger partial charge in [-0.25, -0.2) is 0 Å². The fourth-order valence-electron chi connectivity index (χ4n) is 1.58. The van der Waals surface area contributed by atoms with Crippen LogP contribution < -0.4 is 15.8 Å². The topological polar surface area (TPSA) is 97.5 Å². The molecule has 2 aromatic rings. The second-order valence-electron chi connectivity index (χ2n) is 3.77. The average Bonchev–Trinajstić information content (AvgIpc) is 2.41. The molecule has 6 heteroatoms. The van der Waals surface area contributed by atoms with Crippen LogP contribution in [0.15, 0.2) is 36.7 Å². The highest BCUT2D eigenvalue weighted by atomic mass is 16.5. The molecule has 0 bridgehead atoms. The summed E-state index contributed by atoms with van der Waals surface area (Å²) in [6, 6.07) is 6.24. The minimum absolute atomic E-state index is 0.107. The molecule has 98 valence electrons. The molecule has 0 atom stereocenters. The quantitative estimate of drug-likeness (QED) is 0.778. The van der Waals surface area contributed by atoms with Crippen LogP contribution in [-0.4, -0.2) is 23.1 Å². The molecule has 1 aromatic heterocycles. The van der Waals surface area contributed by atoms with Crippen LogP contribution in [-0.2, 0) is 0 Å². The number of rotatable bonds is 3. The number of amides is 1. The molecule has 0 aliphatic carbocycles. The molecule has 0 radical (unpaired) electrons. The lowest BCUT2D eigenvalue weighted by molar-refractivity contribution is 0.102. The van der Waals surface area contributed by atoms with Gasteiger partial charge in [-0.1, -0.05) is 6.07 Å². The first-order valence-corrected chi connectivity index (χ1v) is 5.50. The Morgan fingerprint density at radius 2 is 2.21 bits per heavy atom. The van der Waals surface area contributed by atoms with Crippen molar-refractivity contribution in [3.05, 3.63) is 42.2 Å². The lowest BCUT2D eigenvalue weighted by atomic mass is 10.1. The Balaban J connectivity index is 2.28. The molecule has 6 nitrogen and oxygen atoms in total. The predicted molar refractivity (Wildman–Crippen MR) is 71.3 cm³/mol. The lowest BCUT2D eigenvalue weighted by Gasteiger charge is -2.10. The van der Waals surface area contributed by atoms with Crippen molar-refractivity contribution in [1.82, 2.24) is 4.98 Å². The molecular formula is C13H13N3O3. The second-order valence-corrected chi connectivity index (χ2v) is 3.77. The van der Waals surface area contributed by atoms with E-state index in [9.17, 15) is 9.90 Å². The number of pyridine rings is 1. The SMILES string of the molecule is COc1cccc(C(=O)Nc2ccncc2N)c1O. The maximum absolute atomic E-state index is 12.1. The zero-order chi connectivity index (χ0) is 13.8. The largest absolute Gasteiger partial charge is 0.504 e. The number of benzene rings is 1. The Morgan fingerprint density at radius 1 is 1.42 bits per heavy atom. The number of anilines is 2. The van der Waals surface area contributed by atoms with Gasteiger partial charge in [-0.15, -0.1) is 0 Å². The summed E-state index contributed by atoms with van der Waals surface area (Å²) >= 11 is 0. The fraction of sp³-hybridized carbons (Fsp3) is 0.0769. The van der Waals surface area contributed by atoms with Crippen LogP contribution in [0.1, 0.15) is 10.4 Å². The molecular weight excluding hydrogens is 246 g/mol. The number of carbonyl (C=O) groups excluding carboxylic acids is 1. The number of nitrogens with zero attached hydrogens (tertiary/aromatic N) is 1. The molecule has 4 N–H and O–H groups in total. The van der Waals surface area contributed by atoms with Crippen molar-refractivity contribution >= 4 is 17.3 Å². The Hall–Kier alpha value is -2.76. The van der Waals surface area contributed by atoms with Crippen LogP contribution in [0.5, 0.6) is 11.5 Å². The van der Waals surface area contributed by atoms with Crippen molar-refractivity contribution in [1.29, 1.82) is 0 Å². The summed E-state index contributed by atoms with van der Waals surface area (Å²) < 4.78 is 4.95. The van der Waals surface area contributed by atoms with Gasteiger partial charge in [0.1, 0.15) is 0 Å². The number of phenolic OH excluding ortho intramolecular Hbond substituents is 1. The van der Waals surface area contributed by atoms with E-state index < -0.39 is 5.91 Å². The summed E-state index contributed by atoms with van der Waals surface area (Å²) in [6.07, 6.45) is 2.94. The number of hydrogen-bond acceptors (Lipinski definition) is 5. The summed E-state index contributed by atoms with van der Waals surface area (Å²) in [6.45, 7) is 0. The van der Waals surface area contributed by atoms with Gasteiger partial charge in [0.25, 0.3) is 5.91 Å². The number of nitrogens with two attached hydrogens (primary N) is 1. The Bertz CT molecular complexity index is 614. The molecule has 1 amide bonds. The third kappa shape index (κ3) is 2.57. The summed E-state index contributed by atoms with van der Waals surface area (Å²) in [5, 5.41) is 12.5. The van der Waals surface area contributed by atoms with E-state index >= 15 is 0 Å². The van der Waals surface area contributed by atoms with Crippen molar-refractivity contribution in [3.63, 3.8) is 0 Å². The normalized spacial score (nSPS) is 9.95. The Morgan fingerprint density at radius 3 is 2.89 bits per heavy atom. The summed E-state index contributed by atoms with van der Waals surface area (Å²) in [7, 11) is 1.41. The number of carbonyl (C=O) groups is 1. The van der Waals surface area contributed by atoms with E-state index in [1.54, 1.807) is 18.2 Å². The number of nitrogens with one attached hydrogen (secondary N) is 1. The number of aromatic nitrogens is 1.